The largest absolute Gasteiger partial charge is 0.497 e. The summed E-state index contributed by atoms with van der Waals surface area (Å²) in [7, 11) is 3.57. The van der Waals surface area contributed by atoms with Crippen molar-refractivity contribution >= 4 is 28.9 Å². The summed E-state index contributed by atoms with van der Waals surface area (Å²) in [6, 6.07) is 7.82. The number of hydrogen-bond donors (Lipinski definition) is 1. The molecule has 0 radical (unpaired) electrons. The van der Waals surface area contributed by atoms with Gasteiger partial charge in [-0.2, -0.15) is 0 Å². The predicted octanol–water partition coefficient (Wildman–Crippen LogP) is 3.44. The van der Waals surface area contributed by atoms with E-state index in [0.29, 0.717) is 5.69 Å². The third-order valence-corrected chi connectivity index (χ3v) is 4.46. The fourth-order valence-corrected chi connectivity index (χ4v) is 3.23. The lowest BCUT2D eigenvalue weighted by atomic mass is 10.2. The Morgan fingerprint density at radius 1 is 1.32 bits per heavy atom. The molecule has 1 N–H and O–H groups in total. The Labute approximate surface area is 115 Å². The van der Waals surface area contributed by atoms with Crippen molar-refractivity contribution in [3.8, 4) is 5.75 Å². The minimum absolute atomic E-state index is 0.0703. The summed E-state index contributed by atoms with van der Waals surface area (Å²) < 4.78 is 7.16. The zero-order valence-electron chi connectivity index (χ0n) is 11.0. The van der Waals surface area contributed by atoms with Crippen molar-refractivity contribution in [3.05, 3.63) is 30.0 Å². The van der Waals surface area contributed by atoms with Crippen molar-refractivity contribution in [2.45, 2.75) is 16.8 Å². The van der Waals surface area contributed by atoms with Gasteiger partial charge in [0.05, 0.1) is 24.2 Å². The molecular weight excluding hydrogens is 260 g/mol. The molecule has 0 atom stereocenters. The van der Waals surface area contributed by atoms with Gasteiger partial charge in [0, 0.05) is 24.9 Å². The molecule has 98 valence electrons. The number of ketones is 1. The van der Waals surface area contributed by atoms with E-state index in [-0.39, 0.29) is 5.78 Å². The van der Waals surface area contributed by atoms with E-state index >= 15 is 0 Å². The normalized spacial score (nSPS) is 12.4. The van der Waals surface area contributed by atoms with Gasteiger partial charge >= 0.3 is 0 Å². The molecule has 1 aliphatic heterocycles. The Morgan fingerprint density at radius 3 is 2.79 bits per heavy atom. The van der Waals surface area contributed by atoms with Gasteiger partial charge in [0.15, 0.2) is 5.78 Å². The number of carbonyl (C=O) groups is 1. The van der Waals surface area contributed by atoms with Gasteiger partial charge in [-0.05, 0) is 18.2 Å². The average Bonchev–Trinajstić information content (AvgIpc) is 2.73. The topological polar surface area (TPSA) is 43.3 Å². The molecule has 0 fully saturated rings. The summed E-state index contributed by atoms with van der Waals surface area (Å²) in [6.07, 6.45) is 0. The standard InChI is InChI=1S/C14H14N2O2S/c1-8(17)12-7-11-14(16(12)2)19-13-5-4-9(18-3)6-10(13)15-11/h4-7,15H,1-3H3. The van der Waals surface area contributed by atoms with Crippen molar-refractivity contribution in [2.75, 3.05) is 12.4 Å². The number of anilines is 2. The van der Waals surface area contributed by atoms with Gasteiger partial charge in [0.2, 0.25) is 0 Å². The molecule has 0 saturated carbocycles. The Hall–Kier alpha value is -1.88. The zero-order valence-corrected chi connectivity index (χ0v) is 11.8. The van der Waals surface area contributed by atoms with Crippen molar-refractivity contribution in [1.29, 1.82) is 0 Å². The molecule has 3 rings (SSSR count). The smallest absolute Gasteiger partial charge is 0.176 e. The highest BCUT2D eigenvalue weighted by atomic mass is 32.2. The van der Waals surface area contributed by atoms with E-state index in [1.165, 1.54) is 0 Å². The zero-order chi connectivity index (χ0) is 13.6. The molecule has 0 spiro atoms. The van der Waals surface area contributed by atoms with Gasteiger partial charge < -0.3 is 14.6 Å². The lowest BCUT2D eigenvalue weighted by molar-refractivity contribution is 0.100. The van der Waals surface area contributed by atoms with Crippen molar-refractivity contribution in [1.82, 2.24) is 4.57 Å². The van der Waals surface area contributed by atoms with E-state index in [4.69, 9.17) is 4.74 Å². The summed E-state index contributed by atoms with van der Waals surface area (Å²) in [6.45, 7) is 1.58. The van der Waals surface area contributed by atoms with Gasteiger partial charge in [-0.25, -0.2) is 0 Å². The summed E-state index contributed by atoms with van der Waals surface area (Å²) in [5.41, 5.74) is 2.70. The number of rotatable bonds is 2. The molecule has 1 aliphatic rings. The minimum Gasteiger partial charge on any atom is -0.497 e. The van der Waals surface area contributed by atoms with E-state index in [9.17, 15) is 4.79 Å². The molecule has 4 nitrogen and oxygen atoms in total. The van der Waals surface area contributed by atoms with Crippen LogP contribution in [0.4, 0.5) is 11.4 Å². The molecular formula is C14H14N2O2S. The van der Waals surface area contributed by atoms with Gasteiger partial charge in [-0.15, -0.1) is 0 Å². The maximum absolute atomic E-state index is 11.6. The molecule has 0 bridgehead atoms. The SMILES string of the molecule is COc1ccc2c(c1)Nc1cc(C(C)=O)n(C)c1S2. The quantitative estimate of drug-likeness (QED) is 0.727. The number of ether oxygens (including phenoxy) is 1. The molecule has 0 saturated heterocycles. The highest BCUT2D eigenvalue weighted by Gasteiger charge is 2.22. The molecule has 5 heteroatoms. The monoisotopic (exact) mass is 274 g/mol. The van der Waals surface area contributed by atoms with Gasteiger partial charge in [-0.3, -0.25) is 4.79 Å². The number of nitrogens with zero attached hydrogens (tertiary/aromatic N) is 1. The van der Waals surface area contributed by atoms with Crippen LogP contribution in [0, 0.1) is 0 Å². The third kappa shape index (κ3) is 1.90. The number of carbonyl (C=O) groups excluding carboxylic acids is 1. The van der Waals surface area contributed by atoms with Gasteiger partial charge in [0.25, 0.3) is 0 Å². The van der Waals surface area contributed by atoms with Crippen LogP contribution in [0.15, 0.2) is 34.2 Å². The van der Waals surface area contributed by atoms with Crippen LogP contribution >= 0.6 is 11.8 Å². The summed E-state index contributed by atoms with van der Waals surface area (Å²) >= 11 is 1.66. The number of fused-ring (bicyclic) bond motifs is 2. The summed E-state index contributed by atoms with van der Waals surface area (Å²) in [4.78, 5) is 12.7. The number of methoxy groups -OCH3 is 1. The van der Waals surface area contributed by atoms with Crippen molar-refractivity contribution in [2.24, 2.45) is 7.05 Å². The first-order chi connectivity index (χ1) is 9.10. The first-order valence-corrected chi connectivity index (χ1v) is 6.75. The average molecular weight is 274 g/mol. The number of aromatic nitrogens is 1. The van der Waals surface area contributed by atoms with E-state index in [1.54, 1.807) is 25.8 Å². The molecule has 2 aromatic rings. The summed E-state index contributed by atoms with van der Waals surface area (Å²) in [5.74, 6) is 0.888. The predicted molar refractivity (Wildman–Crippen MR) is 75.8 cm³/mol. The Bertz CT molecular complexity index is 676. The second-order valence-corrected chi connectivity index (χ2v) is 5.48. The number of hydrogen-bond acceptors (Lipinski definition) is 4. The van der Waals surface area contributed by atoms with Crippen LogP contribution in [0.3, 0.4) is 0 Å². The van der Waals surface area contributed by atoms with Crippen LogP contribution in [-0.4, -0.2) is 17.5 Å². The molecule has 2 heterocycles. The fourth-order valence-electron chi connectivity index (χ4n) is 2.21. The molecule has 1 aromatic heterocycles. The van der Waals surface area contributed by atoms with Crippen LogP contribution in [0.1, 0.15) is 17.4 Å². The minimum atomic E-state index is 0.0703. The number of nitrogens with one attached hydrogen (secondary N) is 1. The second kappa shape index (κ2) is 4.35. The van der Waals surface area contributed by atoms with Gasteiger partial charge in [-0.1, -0.05) is 11.8 Å². The van der Waals surface area contributed by atoms with E-state index < -0.39 is 0 Å². The molecule has 0 amide bonds. The molecule has 0 aliphatic carbocycles. The highest BCUT2D eigenvalue weighted by Crippen LogP contribution is 2.46. The van der Waals surface area contributed by atoms with Crippen LogP contribution in [0.2, 0.25) is 0 Å². The molecule has 0 unspecified atom stereocenters. The maximum Gasteiger partial charge on any atom is 0.176 e. The van der Waals surface area contributed by atoms with Crippen molar-refractivity contribution in [3.63, 3.8) is 0 Å². The second-order valence-electron chi connectivity index (χ2n) is 4.45. The lowest BCUT2D eigenvalue weighted by Crippen LogP contribution is -2.04. The lowest BCUT2D eigenvalue weighted by Gasteiger charge is -2.19. The van der Waals surface area contributed by atoms with Crippen LogP contribution in [-0.2, 0) is 7.05 Å². The molecule has 19 heavy (non-hydrogen) atoms. The Balaban J connectivity index is 2.06. The van der Waals surface area contributed by atoms with Crippen LogP contribution in [0.25, 0.3) is 0 Å². The van der Waals surface area contributed by atoms with Gasteiger partial charge in [0.1, 0.15) is 10.8 Å². The number of Topliss-reactive ketones (excluding diaryl/α,β-unsaturated/α-hetero) is 1. The molecule has 1 aromatic carbocycles. The third-order valence-electron chi connectivity index (χ3n) is 3.20. The first-order valence-electron chi connectivity index (χ1n) is 5.93. The van der Waals surface area contributed by atoms with Crippen LogP contribution in [0.5, 0.6) is 5.75 Å². The number of benzene rings is 1. The Morgan fingerprint density at radius 2 is 2.11 bits per heavy atom. The van der Waals surface area contributed by atoms with E-state index in [0.717, 1.165) is 27.0 Å². The van der Waals surface area contributed by atoms with E-state index in [1.807, 2.05) is 35.9 Å². The van der Waals surface area contributed by atoms with E-state index in [2.05, 4.69) is 5.32 Å². The Kier molecular flexibility index (Phi) is 2.78. The fraction of sp³-hybridized carbons (Fsp3) is 0.214. The highest BCUT2D eigenvalue weighted by molar-refractivity contribution is 7.99. The first kappa shape index (κ1) is 12.2. The van der Waals surface area contributed by atoms with Crippen LogP contribution < -0.4 is 10.1 Å². The summed E-state index contributed by atoms with van der Waals surface area (Å²) in [5, 5.41) is 4.42. The maximum atomic E-state index is 11.6. The van der Waals surface area contributed by atoms with Crippen molar-refractivity contribution < 1.29 is 9.53 Å².